The Balaban J connectivity index is 1.58. The number of para-hydroxylation sites is 1. The van der Waals surface area contributed by atoms with Crippen molar-refractivity contribution in [3.05, 3.63) is 34.7 Å². The molecule has 0 radical (unpaired) electrons. The van der Waals surface area contributed by atoms with Crippen LogP contribution in [0.3, 0.4) is 0 Å². The third-order valence-electron chi connectivity index (χ3n) is 5.18. The Kier molecular flexibility index (Phi) is 4.32. The second-order valence-corrected chi connectivity index (χ2v) is 9.24. The first kappa shape index (κ1) is 17.6. The SMILES string of the molecule is COC(=O)N1CCc2c(sc(NC(=O)C3CC3)c2-c2nc3ccccc3s2)C1. The van der Waals surface area contributed by atoms with Crippen molar-refractivity contribution in [1.29, 1.82) is 0 Å². The Morgan fingerprint density at radius 3 is 2.82 bits per heavy atom. The fraction of sp³-hybridized carbons (Fsp3) is 0.350. The van der Waals surface area contributed by atoms with Crippen LogP contribution in [0.2, 0.25) is 0 Å². The average Bonchev–Trinajstić information content (AvgIpc) is 3.38. The molecule has 3 aromatic rings. The summed E-state index contributed by atoms with van der Waals surface area (Å²) in [5.41, 5.74) is 3.18. The average molecular weight is 414 g/mol. The van der Waals surface area contributed by atoms with Crippen LogP contribution in [0.1, 0.15) is 23.3 Å². The normalized spacial score (nSPS) is 16.1. The van der Waals surface area contributed by atoms with Gasteiger partial charge in [-0.3, -0.25) is 4.79 Å². The van der Waals surface area contributed by atoms with Crippen LogP contribution in [0, 0.1) is 5.92 Å². The number of amides is 2. The monoisotopic (exact) mass is 413 g/mol. The summed E-state index contributed by atoms with van der Waals surface area (Å²) in [6.45, 7) is 1.11. The van der Waals surface area contributed by atoms with Crippen molar-refractivity contribution in [2.45, 2.75) is 25.8 Å². The topological polar surface area (TPSA) is 71.5 Å². The molecule has 144 valence electrons. The van der Waals surface area contributed by atoms with Gasteiger partial charge < -0.3 is 15.0 Å². The molecule has 8 heteroatoms. The van der Waals surface area contributed by atoms with E-state index in [1.807, 2.05) is 18.2 Å². The van der Waals surface area contributed by atoms with Gasteiger partial charge in [-0.05, 0) is 37.0 Å². The second-order valence-electron chi connectivity index (χ2n) is 7.10. The van der Waals surface area contributed by atoms with Crippen LogP contribution in [-0.2, 0) is 22.5 Å². The van der Waals surface area contributed by atoms with E-state index in [0.717, 1.165) is 49.9 Å². The van der Waals surface area contributed by atoms with Gasteiger partial charge in [-0.15, -0.1) is 22.7 Å². The minimum atomic E-state index is -0.316. The van der Waals surface area contributed by atoms with Gasteiger partial charge >= 0.3 is 6.09 Å². The molecule has 2 amide bonds. The highest BCUT2D eigenvalue weighted by Gasteiger charge is 2.33. The van der Waals surface area contributed by atoms with Gasteiger partial charge in [0.2, 0.25) is 5.91 Å². The number of nitrogens with zero attached hydrogens (tertiary/aromatic N) is 2. The van der Waals surface area contributed by atoms with E-state index in [-0.39, 0.29) is 17.9 Å². The number of nitrogens with one attached hydrogen (secondary N) is 1. The lowest BCUT2D eigenvalue weighted by molar-refractivity contribution is -0.117. The molecule has 0 saturated heterocycles. The first-order chi connectivity index (χ1) is 13.6. The Hall–Kier alpha value is -2.45. The third kappa shape index (κ3) is 3.06. The van der Waals surface area contributed by atoms with Gasteiger partial charge in [-0.1, -0.05) is 12.1 Å². The number of hydrogen-bond donors (Lipinski definition) is 1. The first-order valence-electron chi connectivity index (χ1n) is 9.28. The summed E-state index contributed by atoms with van der Waals surface area (Å²) < 4.78 is 6.01. The Labute approximate surface area is 170 Å². The van der Waals surface area contributed by atoms with E-state index < -0.39 is 0 Å². The molecule has 0 bridgehead atoms. The maximum atomic E-state index is 12.5. The third-order valence-corrected chi connectivity index (χ3v) is 7.37. The van der Waals surface area contributed by atoms with Crippen LogP contribution in [0.25, 0.3) is 20.8 Å². The molecule has 2 aromatic heterocycles. The van der Waals surface area contributed by atoms with Gasteiger partial charge in [0.1, 0.15) is 10.0 Å². The van der Waals surface area contributed by atoms with Crippen molar-refractivity contribution in [1.82, 2.24) is 9.88 Å². The molecular formula is C20H19N3O3S2. The highest BCUT2D eigenvalue weighted by Crippen LogP contribution is 2.46. The highest BCUT2D eigenvalue weighted by atomic mass is 32.1. The zero-order valence-corrected chi connectivity index (χ0v) is 17.0. The number of carbonyl (C=O) groups is 2. The summed E-state index contributed by atoms with van der Waals surface area (Å²) in [7, 11) is 1.40. The van der Waals surface area contributed by atoms with Gasteiger partial charge in [0.15, 0.2) is 0 Å². The lowest BCUT2D eigenvalue weighted by atomic mass is 10.0. The summed E-state index contributed by atoms with van der Waals surface area (Å²) in [5.74, 6) is 0.222. The van der Waals surface area contributed by atoms with Gasteiger partial charge in [-0.2, -0.15) is 0 Å². The van der Waals surface area contributed by atoms with Crippen molar-refractivity contribution in [3.63, 3.8) is 0 Å². The van der Waals surface area contributed by atoms with Gasteiger partial charge in [0.05, 0.1) is 23.9 Å². The van der Waals surface area contributed by atoms with E-state index in [1.54, 1.807) is 27.6 Å². The van der Waals surface area contributed by atoms with E-state index in [0.29, 0.717) is 13.1 Å². The lowest BCUT2D eigenvalue weighted by Crippen LogP contribution is -2.35. The molecule has 3 heterocycles. The molecule has 1 aromatic carbocycles. The van der Waals surface area contributed by atoms with Gasteiger partial charge in [0, 0.05) is 22.9 Å². The molecule has 1 aliphatic heterocycles. The van der Waals surface area contributed by atoms with Crippen molar-refractivity contribution < 1.29 is 14.3 Å². The maximum Gasteiger partial charge on any atom is 0.409 e. The van der Waals surface area contributed by atoms with E-state index in [2.05, 4.69) is 11.4 Å². The van der Waals surface area contributed by atoms with Crippen LogP contribution in [-0.4, -0.2) is 35.5 Å². The van der Waals surface area contributed by atoms with Crippen LogP contribution >= 0.6 is 22.7 Å². The molecule has 1 saturated carbocycles. The number of methoxy groups -OCH3 is 1. The van der Waals surface area contributed by atoms with Gasteiger partial charge in [0.25, 0.3) is 0 Å². The van der Waals surface area contributed by atoms with Crippen LogP contribution in [0.15, 0.2) is 24.3 Å². The molecule has 1 N–H and O–H groups in total. The summed E-state index contributed by atoms with van der Waals surface area (Å²) in [6.07, 6.45) is 2.34. The largest absolute Gasteiger partial charge is 0.453 e. The number of aromatic nitrogens is 1. The standard InChI is InChI=1S/C20H19N3O3S2/c1-26-20(25)23-9-8-12-15(10-23)28-19(22-17(24)11-6-7-11)16(12)18-21-13-4-2-3-5-14(13)27-18/h2-5,11H,6-10H2,1H3,(H,22,24). The summed E-state index contributed by atoms with van der Waals surface area (Å²) in [6, 6.07) is 8.07. The zero-order valence-electron chi connectivity index (χ0n) is 15.4. The molecule has 1 aliphatic carbocycles. The molecule has 0 spiro atoms. The summed E-state index contributed by atoms with van der Waals surface area (Å²) in [5, 5.41) is 4.92. The minimum absolute atomic E-state index is 0.0887. The summed E-state index contributed by atoms with van der Waals surface area (Å²) in [4.78, 5) is 32.0. The van der Waals surface area contributed by atoms with Crippen molar-refractivity contribution >= 4 is 49.9 Å². The number of thiazole rings is 1. The van der Waals surface area contributed by atoms with E-state index in [1.165, 1.54) is 12.7 Å². The molecule has 2 aliphatic rings. The molecule has 28 heavy (non-hydrogen) atoms. The Morgan fingerprint density at radius 2 is 2.07 bits per heavy atom. The van der Waals surface area contributed by atoms with Crippen LogP contribution in [0.5, 0.6) is 0 Å². The van der Waals surface area contributed by atoms with E-state index in [9.17, 15) is 9.59 Å². The second kappa shape index (κ2) is 6.86. The van der Waals surface area contributed by atoms with Crippen molar-refractivity contribution in [2.75, 3.05) is 19.0 Å². The zero-order chi connectivity index (χ0) is 19.3. The van der Waals surface area contributed by atoms with Crippen molar-refractivity contribution in [2.24, 2.45) is 5.92 Å². The van der Waals surface area contributed by atoms with Crippen LogP contribution < -0.4 is 5.32 Å². The summed E-state index contributed by atoms with van der Waals surface area (Å²) >= 11 is 3.20. The number of rotatable bonds is 3. The highest BCUT2D eigenvalue weighted by molar-refractivity contribution is 7.22. The lowest BCUT2D eigenvalue weighted by Gasteiger charge is -2.25. The number of carbonyl (C=O) groups excluding carboxylic acids is 2. The van der Waals surface area contributed by atoms with E-state index in [4.69, 9.17) is 9.72 Å². The first-order valence-corrected chi connectivity index (χ1v) is 10.9. The number of fused-ring (bicyclic) bond motifs is 2. The number of anilines is 1. The number of thiophene rings is 1. The van der Waals surface area contributed by atoms with E-state index >= 15 is 0 Å². The molecule has 0 unspecified atom stereocenters. The number of benzene rings is 1. The number of hydrogen-bond acceptors (Lipinski definition) is 6. The number of ether oxygens (including phenoxy) is 1. The molecular weight excluding hydrogens is 394 g/mol. The fourth-order valence-corrected chi connectivity index (χ4v) is 5.92. The predicted molar refractivity (Wildman–Crippen MR) is 111 cm³/mol. The predicted octanol–water partition coefficient (Wildman–Crippen LogP) is 4.50. The van der Waals surface area contributed by atoms with Gasteiger partial charge in [-0.25, -0.2) is 9.78 Å². The maximum absolute atomic E-state index is 12.5. The molecule has 5 rings (SSSR count). The fourth-order valence-electron chi connectivity index (χ4n) is 3.54. The Bertz CT molecular complexity index is 1050. The van der Waals surface area contributed by atoms with Crippen molar-refractivity contribution in [3.8, 4) is 10.6 Å². The quantitative estimate of drug-likeness (QED) is 0.686. The smallest absolute Gasteiger partial charge is 0.409 e. The Morgan fingerprint density at radius 1 is 1.25 bits per heavy atom. The molecule has 0 atom stereocenters. The molecule has 6 nitrogen and oxygen atoms in total. The van der Waals surface area contributed by atoms with Crippen LogP contribution in [0.4, 0.5) is 9.80 Å². The molecule has 1 fully saturated rings. The minimum Gasteiger partial charge on any atom is -0.453 e.